The summed E-state index contributed by atoms with van der Waals surface area (Å²) in [5.74, 6) is 0.637. The molecule has 0 amide bonds. The zero-order chi connectivity index (χ0) is 23.7. The number of hydrogen-bond donors (Lipinski definition) is 0. The number of fused-ring (bicyclic) bond motifs is 1. The lowest BCUT2D eigenvalue weighted by Gasteiger charge is -2.25. The fraction of sp³-hybridized carbons (Fsp3) is 0.208. The van der Waals surface area contributed by atoms with Crippen molar-refractivity contribution in [2.45, 2.75) is 13.0 Å². The van der Waals surface area contributed by atoms with E-state index in [4.69, 9.17) is 25.8 Å². The highest BCUT2D eigenvalue weighted by atomic mass is 35.5. The van der Waals surface area contributed by atoms with Crippen LogP contribution in [0.1, 0.15) is 24.1 Å². The molecule has 3 aromatic rings. The minimum absolute atomic E-state index is 0.251. The number of esters is 1. The summed E-state index contributed by atoms with van der Waals surface area (Å²) in [6, 6.07) is 11.6. The second-order valence-electron chi connectivity index (χ2n) is 7.23. The molecular weight excluding hydrogens is 464 g/mol. The van der Waals surface area contributed by atoms with Gasteiger partial charge < -0.3 is 14.2 Å². The molecule has 9 heteroatoms. The van der Waals surface area contributed by atoms with E-state index in [2.05, 4.69) is 4.99 Å². The summed E-state index contributed by atoms with van der Waals surface area (Å²) in [4.78, 5) is 31.4. The summed E-state index contributed by atoms with van der Waals surface area (Å²) in [5.41, 5.74) is 1.83. The number of benzene rings is 2. The Bertz CT molecular complexity index is 1440. The van der Waals surface area contributed by atoms with Gasteiger partial charge in [-0.15, -0.1) is 0 Å². The maximum atomic E-state index is 13.6. The molecule has 0 saturated heterocycles. The average molecular weight is 485 g/mol. The van der Waals surface area contributed by atoms with Crippen LogP contribution in [-0.2, 0) is 9.53 Å². The van der Waals surface area contributed by atoms with E-state index in [1.807, 2.05) is 24.3 Å². The normalized spacial score (nSPS) is 15.7. The fourth-order valence-electron chi connectivity index (χ4n) is 3.76. The van der Waals surface area contributed by atoms with Gasteiger partial charge in [0.25, 0.3) is 5.56 Å². The van der Waals surface area contributed by atoms with E-state index in [1.54, 1.807) is 38.3 Å². The Morgan fingerprint density at radius 1 is 1.12 bits per heavy atom. The minimum Gasteiger partial charge on any atom is -0.497 e. The van der Waals surface area contributed by atoms with Crippen LogP contribution in [0, 0.1) is 0 Å². The molecule has 1 aromatic heterocycles. The third kappa shape index (κ3) is 4.19. The van der Waals surface area contributed by atoms with Crippen molar-refractivity contribution in [3.8, 4) is 11.5 Å². The molecule has 0 aliphatic carbocycles. The SMILES string of the molecule is COC(=O)C1=C(C)N=c2s/c(=C\c3ccc(OC)cc3)c(=O)n2[C@H]1c1cc(Cl)ccc1OC. The lowest BCUT2D eigenvalue weighted by Crippen LogP contribution is -2.40. The van der Waals surface area contributed by atoms with Gasteiger partial charge in [-0.05, 0) is 48.9 Å². The van der Waals surface area contributed by atoms with Crippen LogP contribution in [0.2, 0.25) is 5.02 Å². The van der Waals surface area contributed by atoms with Crippen molar-refractivity contribution in [2.75, 3.05) is 21.3 Å². The number of carbonyl (C=O) groups is 1. The fourth-order valence-corrected chi connectivity index (χ4v) is 4.98. The van der Waals surface area contributed by atoms with Gasteiger partial charge in [-0.25, -0.2) is 9.79 Å². The standard InChI is InChI=1S/C24H21ClN2O5S/c1-13-20(23(29)32-4)21(17-12-15(25)7-10-18(17)31-3)27-22(28)19(33-24(27)26-13)11-14-5-8-16(30-2)9-6-14/h5-12,21H,1-4H3/b19-11-/t21-/m0/s1. The van der Waals surface area contributed by atoms with E-state index < -0.39 is 12.0 Å². The number of halogens is 1. The van der Waals surface area contributed by atoms with E-state index in [9.17, 15) is 9.59 Å². The van der Waals surface area contributed by atoms with E-state index in [0.29, 0.717) is 31.4 Å². The molecule has 2 heterocycles. The van der Waals surface area contributed by atoms with Gasteiger partial charge >= 0.3 is 5.97 Å². The quantitative estimate of drug-likeness (QED) is 0.520. The van der Waals surface area contributed by atoms with E-state index in [1.165, 1.54) is 30.1 Å². The molecule has 0 radical (unpaired) electrons. The number of hydrogen-bond acceptors (Lipinski definition) is 7. The maximum Gasteiger partial charge on any atom is 0.338 e. The second kappa shape index (κ2) is 9.25. The number of rotatable bonds is 5. The second-order valence-corrected chi connectivity index (χ2v) is 8.68. The minimum atomic E-state index is -0.805. The summed E-state index contributed by atoms with van der Waals surface area (Å²) in [6.45, 7) is 1.72. The van der Waals surface area contributed by atoms with Gasteiger partial charge in [0, 0.05) is 10.6 Å². The summed E-state index contributed by atoms with van der Waals surface area (Å²) < 4.78 is 17.7. The van der Waals surface area contributed by atoms with Gasteiger partial charge in [0.05, 0.1) is 37.1 Å². The summed E-state index contributed by atoms with van der Waals surface area (Å²) >= 11 is 7.53. The monoisotopic (exact) mass is 484 g/mol. The number of ether oxygens (including phenoxy) is 3. The third-order valence-electron chi connectivity index (χ3n) is 5.33. The van der Waals surface area contributed by atoms with Gasteiger partial charge in [0.2, 0.25) is 0 Å². The Kier molecular flexibility index (Phi) is 6.40. The highest BCUT2D eigenvalue weighted by molar-refractivity contribution is 7.07. The Balaban J connectivity index is 1.99. The molecule has 1 aliphatic rings. The topological polar surface area (TPSA) is 79.1 Å². The first-order valence-corrected chi connectivity index (χ1v) is 11.2. The highest BCUT2D eigenvalue weighted by Gasteiger charge is 2.35. The summed E-state index contributed by atoms with van der Waals surface area (Å²) in [5, 5.41) is 0.449. The van der Waals surface area contributed by atoms with Crippen molar-refractivity contribution in [3.05, 3.63) is 89.6 Å². The number of thiazole rings is 1. The predicted molar refractivity (Wildman–Crippen MR) is 127 cm³/mol. The Hall–Kier alpha value is -3.36. The molecule has 0 unspecified atom stereocenters. The van der Waals surface area contributed by atoms with Gasteiger partial charge in [-0.3, -0.25) is 9.36 Å². The maximum absolute atomic E-state index is 13.6. The van der Waals surface area contributed by atoms with Crippen molar-refractivity contribution in [3.63, 3.8) is 0 Å². The van der Waals surface area contributed by atoms with Crippen LogP contribution in [0.4, 0.5) is 0 Å². The number of aromatic nitrogens is 1. The molecule has 170 valence electrons. The zero-order valence-corrected chi connectivity index (χ0v) is 20.0. The molecule has 1 aliphatic heterocycles. The first-order chi connectivity index (χ1) is 15.9. The molecule has 0 spiro atoms. The van der Waals surface area contributed by atoms with Crippen LogP contribution >= 0.6 is 22.9 Å². The Labute approximate surface area is 198 Å². The summed E-state index contributed by atoms with van der Waals surface area (Å²) in [7, 11) is 4.41. The first-order valence-electron chi connectivity index (χ1n) is 9.96. The van der Waals surface area contributed by atoms with E-state index >= 15 is 0 Å². The number of methoxy groups -OCH3 is 3. The van der Waals surface area contributed by atoms with Gasteiger partial charge in [-0.1, -0.05) is 35.1 Å². The number of nitrogens with zero attached hydrogens (tertiary/aromatic N) is 2. The largest absolute Gasteiger partial charge is 0.497 e. The Morgan fingerprint density at radius 3 is 2.48 bits per heavy atom. The van der Waals surface area contributed by atoms with Crippen molar-refractivity contribution in [1.29, 1.82) is 0 Å². The summed E-state index contributed by atoms with van der Waals surface area (Å²) in [6.07, 6.45) is 1.78. The van der Waals surface area contributed by atoms with Crippen molar-refractivity contribution < 1.29 is 19.0 Å². The van der Waals surface area contributed by atoms with Gasteiger partial charge in [0.1, 0.15) is 17.5 Å². The molecule has 0 bridgehead atoms. The van der Waals surface area contributed by atoms with Gasteiger partial charge in [0.15, 0.2) is 4.80 Å². The smallest absolute Gasteiger partial charge is 0.338 e. The molecule has 0 fully saturated rings. The lowest BCUT2D eigenvalue weighted by atomic mass is 9.95. The number of carbonyl (C=O) groups excluding carboxylic acids is 1. The molecule has 1 atom stereocenters. The molecule has 0 N–H and O–H groups in total. The predicted octanol–water partition coefficient (Wildman–Crippen LogP) is 3.08. The van der Waals surface area contributed by atoms with Crippen LogP contribution in [0.15, 0.2) is 63.5 Å². The first kappa shape index (κ1) is 22.8. The highest BCUT2D eigenvalue weighted by Crippen LogP contribution is 2.37. The molecule has 0 saturated carbocycles. The van der Waals surface area contributed by atoms with E-state index in [-0.39, 0.29) is 11.1 Å². The van der Waals surface area contributed by atoms with Crippen LogP contribution in [-0.4, -0.2) is 31.9 Å². The average Bonchev–Trinajstić information content (AvgIpc) is 3.12. The van der Waals surface area contributed by atoms with Crippen molar-refractivity contribution in [2.24, 2.45) is 4.99 Å². The zero-order valence-electron chi connectivity index (χ0n) is 18.4. The third-order valence-corrected chi connectivity index (χ3v) is 6.54. The number of allylic oxidation sites excluding steroid dienone is 1. The molecule has 7 nitrogen and oxygen atoms in total. The van der Waals surface area contributed by atoms with Crippen LogP contribution in [0.25, 0.3) is 6.08 Å². The van der Waals surface area contributed by atoms with Crippen LogP contribution in [0.3, 0.4) is 0 Å². The van der Waals surface area contributed by atoms with Gasteiger partial charge in [-0.2, -0.15) is 0 Å². The lowest BCUT2D eigenvalue weighted by molar-refractivity contribution is -0.136. The van der Waals surface area contributed by atoms with Crippen molar-refractivity contribution >= 4 is 35.0 Å². The van der Waals surface area contributed by atoms with Crippen LogP contribution in [0.5, 0.6) is 11.5 Å². The van der Waals surface area contributed by atoms with Crippen LogP contribution < -0.4 is 24.4 Å². The molecular formula is C24H21ClN2O5S. The molecule has 2 aromatic carbocycles. The van der Waals surface area contributed by atoms with E-state index in [0.717, 1.165) is 11.3 Å². The molecule has 33 heavy (non-hydrogen) atoms. The van der Waals surface area contributed by atoms with Crippen molar-refractivity contribution in [1.82, 2.24) is 4.57 Å². The molecule has 4 rings (SSSR count). The Morgan fingerprint density at radius 2 is 1.85 bits per heavy atom.